The quantitative estimate of drug-likeness (QED) is 0.263. The number of halogens is 1. The predicted octanol–water partition coefficient (Wildman–Crippen LogP) is -2.71. The summed E-state index contributed by atoms with van der Waals surface area (Å²) in [5, 5.41) is 0. The molecule has 0 N–H and O–H groups in total. The molecule has 0 spiro atoms. The van der Waals surface area contributed by atoms with Crippen LogP contribution in [0.25, 0.3) is 0 Å². The van der Waals surface area contributed by atoms with Gasteiger partial charge in [0, 0.05) is 19.5 Å². The highest BCUT2D eigenvalue weighted by atomic mass is 35.6. The van der Waals surface area contributed by atoms with Gasteiger partial charge in [-0.25, -0.2) is 0 Å². The van der Waals surface area contributed by atoms with Crippen LogP contribution in [0.5, 0.6) is 0 Å². The van der Waals surface area contributed by atoms with E-state index in [2.05, 4.69) is 0 Å². The molecule has 0 saturated carbocycles. The van der Waals surface area contributed by atoms with Crippen molar-refractivity contribution in [1.82, 2.24) is 0 Å². The van der Waals surface area contributed by atoms with Crippen molar-refractivity contribution in [2.45, 2.75) is 0 Å². The van der Waals surface area contributed by atoms with Crippen molar-refractivity contribution in [3.05, 3.63) is 0 Å². The molecular formula is H7ClSi4. The smallest absolute Gasteiger partial charge is 0.0689 e. The largest absolute Gasteiger partial charge is 0.150 e. The fourth-order valence-electron chi connectivity index (χ4n) is 0. The summed E-state index contributed by atoms with van der Waals surface area (Å²) in [4.78, 5) is 0. The molecule has 0 nitrogen and oxygen atoms in total. The minimum atomic E-state index is -0.118. The van der Waals surface area contributed by atoms with Crippen LogP contribution in [0.2, 0.25) is 0 Å². The van der Waals surface area contributed by atoms with Crippen molar-refractivity contribution in [1.29, 1.82) is 0 Å². The van der Waals surface area contributed by atoms with Crippen LogP contribution in [-0.4, -0.2) is 34.4 Å². The predicted molar refractivity (Wildman–Crippen MR) is 38.6 cm³/mol. The highest BCUT2D eigenvalue weighted by Crippen LogP contribution is 1.59. The molecule has 0 aromatic rings. The summed E-state index contributed by atoms with van der Waals surface area (Å²) in [5.41, 5.74) is 0. The maximum absolute atomic E-state index is 5.70. The first-order valence-electron chi connectivity index (χ1n) is 1.56. The molecule has 0 atom stereocenters. The summed E-state index contributed by atoms with van der Waals surface area (Å²) in [5.74, 6) is 0. The summed E-state index contributed by atoms with van der Waals surface area (Å²) in [6, 6.07) is 0. The summed E-state index contributed by atoms with van der Waals surface area (Å²) < 4.78 is 0. The van der Waals surface area contributed by atoms with E-state index in [9.17, 15) is 0 Å². The van der Waals surface area contributed by atoms with Crippen LogP contribution in [0, 0.1) is 0 Å². The summed E-state index contributed by atoms with van der Waals surface area (Å²) in [6.07, 6.45) is 0. The molecule has 0 unspecified atom stereocenters. The topological polar surface area (TPSA) is 0 Å². The second kappa shape index (κ2) is 3.35. The van der Waals surface area contributed by atoms with E-state index < -0.39 is 0 Å². The minimum Gasteiger partial charge on any atom is -0.150 e. The van der Waals surface area contributed by atoms with Gasteiger partial charge in [-0.05, 0) is 8.13 Å². The Morgan fingerprint density at radius 1 is 1.80 bits per heavy atom. The Kier molecular flexibility index (Phi) is 4.13. The summed E-state index contributed by atoms with van der Waals surface area (Å²) in [7, 11) is 3.51. The lowest BCUT2D eigenvalue weighted by molar-refractivity contribution is 4.10. The van der Waals surface area contributed by atoms with E-state index in [0.717, 1.165) is 8.13 Å². The molecular weight excluding hydrogens is 148 g/mol. The fourth-order valence-corrected chi connectivity index (χ4v) is 0. The molecule has 5 heteroatoms. The van der Waals surface area contributed by atoms with Gasteiger partial charge in [0.1, 0.15) is 0 Å². The molecule has 30 valence electrons. The van der Waals surface area contributed by atoms with Gasteiger partial charge in [-0.2, -0.15) is 11.1 Å². The third-order valence-corrected chi connectivity index (χ3v) is 32.2. The van der Waals surface area contributed by atoms with Crippen molar-refractivity contribution in [3.63, 3.8) is 0 Å². The maximum Gasteiger partial charge on any atom is 0.0689 e. The SMILES string of the molecule is [SiH3][SiH]=[Si]([SiH3])Cl. The minimum absolute atomic E-state index is 0.118. The standard InChI is InChI=1S/ClH7Si4/c1-5(3)4-2/h4H,2-3H3. The van der Waals surface area contributed by atoms with Crippen molar-refractivity contribution >= 4 is 45.4 Å². The van der Waals surface area contributed by atoms with E-state index in [0.29, 0.717) is 0 Å². The van der Waals surface area contributed by atoms with E-state index in [1.54, 1.807) is 0 Å². The van der Waals surface area contributed by atoms with Gasteiger partial charge in [0.05, 0.1) is 6.72 Å². The highest BCUT2D eigenvalue weighted by Gasteiger charge is 1.68. The molecule has 0 aliphatic heterocycles. The van der Waals surface area contributed by atoms with Crippen LogP contribution in [0.15, 0.2) is 0 Å². The maximum atomic E-state index is 5.70. The molecule has 0 radical (unpaired) electrons. The van der Waals surface area contributed by atoms with E-state index in [1.807, 2.05) is 0 Å². The van der Waals surface area contributed by atoms with Gasteiger partial charge in [-0.1, -0.05) is 0 Å². The van der Waals surface area contributed by atoms with Crippen LogP contribution >= 0.6 is 11.1 Å². The van der Waals surface area contributed by atoms with Crippen LogP contribution in [0.4, 0.5) is 0 Å². The highest BCUT2D eigenvalue weighted by molar-refractivity contribution is 7.44. The van der Waals surface area contributed by atoms with Crippen LogP contribution in [0.1, 0.15) is 0 Å². The Morgan fingerprint density at radius 3 is 2.00 bits per heavy atom. The number of hydrogen-bond donors (Lipinski definition) is 0. The number of rotatable bonds is 0. The van der Waals surface area contributed by atoms with E-state index in [-0.39, 0.29) is 6.72 Å². The fraction of sp³-hybridized carbons (Fsp3) is 0. The second-order valence-electron chi connectivity index (χ2n) is 0.875. The number of hydrogen-bond acceptors (Lipinski definition) is 0. The van der Waals surface area contributed by atoms with Crippen molar-refractivity contribution < 1.29 is 0 Å². The Balaban J connectivity index is 3.14. The average Bonchev–Trinajstić information content (AvgIpc) is 1.38. The van der Waals surface area contributed by atoms with Crippen molar-refractivity contribution in [2.24, 2.45) is 0 Å². The molecule has 0 aromatic carbocycles. The van der Waals surface area contributed by atoms with Gasteiger partial charge in [0.2, 0.25) is 0 Å². The Labute approximate surface area is 45.8 Å². The van der Waals surface area contributed by atoms with Crippen LogP contribution in [0.3, 0.4) is 0 Å². The van der Waals surface area contributed by atoms with Gasteiger partial charge in [-0.15, -0.1) is 0 Å². The lowest BCUT2D eigenvalue weighted by Gasteiger charge is -1.66. The zero-order valence-electron chi connectivity index (χ0n) is 3.46. The monoisotopic (exact) mass is 154 g/mol. The molecule has 0 rings (SSSR count). The molecule has 0 aliphatic carbocycles. The molecule has 0 saturated heterocycles. The van der Waals surface area contributed by atoms with Crippen molar-refractivity contribution in [3.8, 4) is 0 Å². The van der Waals surface area contributed by atoms with E-state index in [1.165, 1.54) is 19.5 Å². The van der Waals surface area contributed by atoms with Gasteiger partial charge >= 0.3 is 0 Å². The molecule has 0 bridgehead atoms. The lowest BCUT2D eigenvalue weighted by Crippen LogP contribution is -1.94. The third kappa shape index (κ3) is 5.16. The average molecular weight is 155 g/mol. The first-order valence-corrected chi connectivity index (χ1v) is 14.0. The zero-order valence-corrected chi connectivity index (χ0v) is 10.4. The van der Waals surface area contributed by atoms with Crippen LogP contribution < -0.4 is 0 Å². The molecule has 5 heavy (non-hydrogen) atoms. The van der Waals surface area contributed by atoms with Crippen molar-refractivity contribution in [2.75, 3.05) is 0 Å². The molecule has 0 fully saturated rings. The van der Waals surface area contributed by atoms with Crippen LogP contribution in [-0.2, 0) is 0 Å². The molecule has 0 heterocycles. The van der Waals surface area contributed by atoms with Gasteiger partial charge in [0.15, 0.2) is 0 Å². The van der Waals surface area contributed by atoms with E-state index >= 15 is 0 Å². The van der Waals surface area contributed by atoms with Gasteiger partial charge in [0.25, 0.3) is 0 Å². The third-order valence-electron chi connectivity index (χ3n) is 0.398. The Bertz CT molecular complexity index is 41.6. The van der Waals surface area contributed by atoms with Gasteiger partial charge in [-0.3, -0.25) is 0 Å². The van der Waals surface area contributed by atoms with Gasteiger partial charge < -0.3 is 0 Å². The molecule has 0 amide bonds. The first-order chi connectivity index (χ1) is 2.27. The second-order valence-corrected chi connectivity index (χ2v) is 23.6. The Hall–Kier alpha value is 1.16. The lowest BCUT2D eigenvalue weighted by atomic mass is 26.6. The summed E-state index contributed by atoms with van der Waals surface area (Å²) >= 11 is 5.70. The first kappa shape index (κ1) is 6.16. The molecule has 0 aliphatic rings. The van der Waals surface area contributed by atoms with E-state index in [4.69, 9.17) is 11.1 Å². The molecule has 0 aromatic heterocycles. The summed E-state index contributed by atoms with van der Waals surface area (Å²) in [6.45, 7) is -0.118. The normalized spacial score (nSPS) is 13.4. The Morgan fingerprint density at radius 2 is 2.00 bits per heavy atom. The zero-order chi connectivity index (χ0) is 4.28.